The molecule has 1 aromatic carbocycles. The van der Waals surface area contributed by atoms with Crippen LogP contribution in [0.5, 0.6) is 0 Å². The molecule has 4 nitrogen and oxygen atoms in total. The molecule has 21 heavy (non-hydrogen) atoms. The highest BCUT2D eigenvalue weighted by molar-refractivity contribution is 9.10. The maximum atomic E-state index is 11.9. The first-order valence-corrected chi connectivity index (χ1v) is 8.34. The van der Waals surface area contributed by atoms with Crippen molar-refractivity contribution in [1.29, 1.82) is 0 Å². The molecule has 0 bridgehead atoms. The quantitative estimate of drug-likeness (QED) is 0.752. The first kappa shape index (κ1) is 18.8. The summed E-state index contributed by atoms with van der Waals surface area (Å²) in [5, 5.41) is 6.42. The van der Waals surface area contributed by atoms with E-state index in [-0.39, 0.29) is 24.4 Å². The molecular weight excluding hydrogens is 376 g/mol. The third-order valence-corrected chi connectivity index (χ3v) is 4.58. The van der Waals surface area contributed by atoms with Gasteiger partial charge in [0.25, 0.3) is 5.91 Å². The lowest BCUT2D eigenvalue weighted by Gasteiger charge is -2.23. The molecule has 2 unspecified atom stereocenters. The number of ether oxygens (including phenoxy) is 1. The van der Waals surface area contributed by atoms with Crippen molar-refractivity contribution in [3.05, 3.63) is 28.7 Å². The zero-order chi connectivity index (χ0) is 14.4. The summed E-state index contributed by atoms with van der Waals surface area (Å²) in [5.41, 5.74) is 0. The molecule has 0 spiro atoms. The molecule has 1 amide bonds. The van der Waals surface area contributed by atoms with Gasteiger partial charge in [0.1, 0.15) is 6.10 Å². The molecule has 1 saturated heterocycles. The van der Waals surface area contributed by atoms with Crippen molar-refractivity contribution in [1.82, 2.24) is 10.6 Å². The maximum Gasteiger partial charge on any atom is 0.250 e. The van der Waals surface area contributed by atoms with Crippen molar-refractivity contribution in [2.24, 2.45) is 0 Å². The van der Waals surface area contributed by atoms with E-state index in [4.69, 9.17) is 4.74 Å². The molecule has 0 aliphatic carbocycles. The number of halogens is 2. The normalized spacial score (nSPS) is 19.4. The highest BCUT2D eigenvalue weighted by Gasteiger charge is 2.21. The number of carbonyl (C=O) groups is 1. The van der Waals surface area contributed by atoms with Gasteiger partial charge in [-0.1, -0.05) is 22.9 Å². The van der Waals surface area contributed by atoms with Gasteiger partial charge in [0.2, 0.25) is 0 Å². The Kier molecular flexibility index (Phi) is 8.66. The average Bonchev–Trinajstić information content (AvgIpc) is 2.48. The Morgan fingerprint density at radius 1 is 1.52 bits per heavy atom. The van der Waals surface area contributed by atoms with E-state index in [0.717, 1.165) is 11.0 Å². The third-order valence-electron chi connectivity index (χ3n) is 2.93. The van der Waals surface area contributed by atoms with Crippen molar-refractivity contribution >= 4 is 46.0 Å². The lowest BCUT2D eigenvalue weighted by molar-refractivity contribution is -0.134. The van der Waals surface area contributed by atoms with Crippen molar-refractivity contribution in [2.75, 3.05) is 26.2 Å². The van der Waals surface area contributed by atoms with Gasteiger partial charge < -0.3 is 15.4 Å². The predicted molar refractivity (Wildman–Crippen MR) is 92.3 cm³/mol. The SMILES string of the molecule is CC(CNC(=O)C1CNCCO1)Sc1ccc(Br)cc1.Cl. The molecule has 2 atom stereocenters. The summed E-state index contributed by atoms with van der Waals surface area (Å²) in [6.07, 6.45) is -0.353. The van der Waals surface area contributed by atoms with E-state index < -0.39 is 0 Å². The Labute approximate surface area is 144 Å². The van der Waals surface area contributed by atoms with Crippen LogP contribution in [0.15, 0.2) is 33.6 Å². The molecule has 118 valence electrons. The van der Waals surface area contributed by atoms with Gasteiger partial charge >= 0.3 is 0 Å². The van der Waals surface area contributed by atoms with E-state index in [0.29, 0.717) is 24.9 Å². The largest absolute Gasteiger partial charge is 0.366 e. The van der Waals surface area contributed by atoms with Gasteiger partial charge in [-0.2, -0.15) is 0 Å². The van der Waals surface area contributed by atoms with Crippen molar-refractivity contribution in [2.45, 2.75) is 23.2 Å². The van der Waals surface area contributed by atoms with Crippen LogP contribution in [0.25, 0.3) is 0 Å². The third kappa shape index (κ3) is 6.57. The number of hydrogen-bond donors (Lipinski definition) is 2. The Balaban J connectivity index is 0.00000220. The first-order chi connectivity index (χ1) is 9.65. The van der Waals surface area contributed by atoms with Crippen LogP contribution in [0.3, 0.4) is 0 Å². The molecule has 7 heteroatoms. The van der Waals surface area contributed by atoms with Crippen LogP contribution in [0.2, 0.25) is 0 Å². The Hall–Kier alpha value is -0.270. The smallest absolute Gasteiger partial charge is 0.250 e. The summed E-state index contributed by atoms with van der Waals surface area (Å²) in [7, 11) is 0. The minimum absolute atomic E-state index is 0. The van der Waals surface area contributed by atoms with Crippen LogP contribution in [0.1, 0.15) is 6.92 Å². The number of rotatable bonds is 5. The second-order valence-corrected chi connectivity index (χ2v) is 7.12. The fourth-order valence-electron chi connectivity index (χ4n) is 1.88. The van der Waals surface area contributed by atoms with Gasteiger partial charge in [0.15, 0.2) is 0 Å². The molecule has 1 fully saturated rings. The van der Waals surface area contributed by atoms with Crippen molar-refractivity contribution in [3.63, 3.8) is 0 Å². The zero-order valence-electron chi connectivity index (χ0n) is 11.8. The van der Waals surface area contributed by atoms with E-state index >= 15 is 0 Å². The van der Waals surface area contributed by atoms with Crippen LogP contribution in [-0.4, -0.2) is 43.5 Å². The molecule has 1 aliphatic rings. The fraction of sp³-hybridized carbons (Fsp3) is 0.500. The van der Waals surface area contributed by atoms with Crippen LogP contribution in [-0.2, 0) is 9.53 Å². The van der Waals surface area contributed by atoms with E-state index in [1.54, 1.807) is 11.8 Å². The van der Waals surface area contributed by atoms with E-state index in [2.05, 4.69) is 45.6 Å². The van der Waals surface area contributed by atoms with Gasteiger partial charge in [-0.25, -0.2) is 0 Å². The average molecular weight is 396 g/mol. The van der Waals surface area contributed by atoms with Gasteiger partial charge in [0, 0.05) is 34.3 Å². The summed E-state index contributed by atoms with van der Waals surface area (Å²) < 4.78 is 6.49. The van der Waals surface area contributed by atoms with Crippen molar-refractivity contribution in [3.8, 4) is 0 Å². The molecule has 0 radical (unpaired) electrons. The number of benzene rings is 1. The maximum absolute atomic E-state index is 11.9. The fourth-order valence-corrected chi connectivity index (χ4v) is 3.07. The second kappa shape index (κ2) is 9.69. The molecule has 2 rings (SSSR count). The number of carbonyl (C=O) groups excluding carboxylic acids is 1. The highest BCUT2D eigenvalue weighted by Crippen LogP contribution is 2.24. The summed E-state index contributed by atoms with van der Waals surface area (Å²) in [5.74, 6) is -0.0274. The summed E-state index contributed by atoms with van der Waals surface area (Å²) >= 11 is 5.17. The first-order valence-electron chi connectivity index (χ1n) is 6.67. The van der Waals surface area contributed by atoms with E-state index in [1.165, 1.54) is 4.90 Å². The zero-order valence-corrected chi connectivity index (χ0v) is 15.0. The van der Waals surface area contributed by atoms with Crippen molar-refractivity contribution < 1.29 is 9.53 Å². The summed E-state index contributed by atoms with van der Waals surface area (Å²) in [6, 6.07) is 8.19. The lowest BCUT2D eigenvalue weighted by atomic mass is 10.3. The Morgan fingerprint density at radius 2 is 2.24 bits per heavy atom. The topological polar surface area (TPSA) is 50.4 Å². The second-order valence-electron chi connectivity index (χ2n) is 4.69. The number of nitrogens with one attached hydrogen (secondary N) is 2. The summed E-state index contributed by atoms with van der Waals surface area (Å²) in [6.45, 7) is 4.76. The van der Waals surface area contributed by atoms with E-state index in [9.17, 15) is 4.79 Å². The minimum Gasteiger partial charge on any atom is -0.366 e. The van der Waals surface area contributed by atoms with Crippen LogP contribution < -0.4 is 10.6 Å². The molecule has 2 N–H and O–H groups in total. The van der Waals surface area contributed by atoms with Crippen LogP contribution in [0.4, 0.5) is 0 Å². The van der Waals surface area contributed by atoms with Gasteiger partial charge in [0.05, 0.1) is 6.61 Å². The Morgan fingerprint density at radius 3 is 2.86 bits per heavy atom. The molecule has 0 saturated carbocycles. The van der Waals surface area contributed by atoms with Gasteiger partial charge in [-0.05, 0) is 24.3 Å². The lowest BCUT2D eigenvalue weighted by Crippen LogP contribution is -2.48. The number of hydrogen-bond acceptors (Lipinski definition) is 4. The standard InChI is InChI=1S/C14H19BrN2O2S.ClH/c1-10(20-12-4-2-11(15)3-5-12)8-17-14(18)13-9-16-6-7-19-13;/h2-5,10,13,16H,6-9H2,1H3,(H,17,18);1H. The van der Waals surface area contributed by atoms with E-state index in [1.807, 2.05) is 12.1 Å². The van der Waals surface area contributed by atoms with Gasteiger partial charge in [-0.3, -0.25) is 4.79 Å². The van der Waals surface area contributed by atoms with Crippen LogP contribution in [0, 0.1) is 0 Å². The predicted octanol–water partition coefficient (Wildman–Crippen LogP) is 2.46. The summed E-state index contributed by atoms with van der Waals surface area (Å²) in [4.78, 5) is 13.1. The van der Waals surface area contributed by atoms with Gasteiger partial charge in [-0.15, -0.1) is 24.2 Å². The minimum atomic E-state index is -0.353. The Bertz CT molecular complexity index is 441. The monoisotopic (exact) mass is 394 g/mol. The molecule has 1 aromatic rings. The number of thioether (sulfide) groups is 1. The molecule has 1 aliphatic heterocycles. The molecule has 0 aromatic heterocycles. The molecule has 1 heterocycles. The number of morpholine rings is 1. The van der Waals surface area contributed by atoms with Crippen LogP contribution >= 0.6 is 40.1 Å². The number of amides is 1. The highest BCUT2D eigenvalue weighted by atomic mass is 79.9. The molecular formula is C14H20BrClN2O2S.